The van der Waals surface area contributed by atoms with Crippen LogP contribution < -0.4 is 14.8 Å². The van der Waals surface area contributed by atoms with E-state index in [1.807, 2.05) is 0 Å². The van der Waals surface area contributed by atoms with E-state index in [4.69, 9.17) is 21.1 Å². The summed E-state index contributed by atoms with van der Waals surface area (Å²) in [7, 11) is 3.90. The van der Waals surface area contributed by atoms with Crippen molar-refractivity contribution >= 4 is 23.2 Å². The quantitative estimate of drug-likeness (QED) is 0.904. The number of carbonyl (C=O) groups excluding carboxylic acids is 1. The molecule has 6 nitrogen and oxygen atoms in total. The summed E-state index contributed by atoms with van der Waals surface area (Å²) in [6.45, 7) is 0. The fourth-order valence-corrected chi connectivity index (χ4v) is 2.37. The van der Waals surface area contributed by atoms with Crippen LogP contribution in [0, 0.1) is 0 Å². The lowest BCUT2D eigenvalue weighted by Crippen LogP contribution is -2.13. The summed E-state index contributed by atoms with van der Waals surface area (Å²) < 4.78 is 49.3. The summed E-state index contributed by atoms with van der Waals surface area (Å²) in [4.78, 5) is 12.2. The van der Waals surface area contributed by atoms with Gasteiger partial charge < -0.3 is 14.8 Å². The Morgan fingerprint density at radius 2 is 1.75 bits per heavy atom. The van der Waals surface area contributed by atoms with Gasteiger partial charge >= 0.3 is 6.18 Å². The predicted molar refractivity (Wildman–Crippen MR) is 80.7 cm³/mol. The van der Waals surface area contributed by atoms with E-state index < -0.39 is 28.5 Å². The zero-order valence-electron chi connectivity index (χ0n) is 12.9. The molecule has 0 spiro atoms. The third-order valence-electron chi connectivity index (χ3n) is 3.08. The number of benzene rings is 1. The molecule has 130 valence electrons. The van der Waals surface area contributed by atoms with Gasteiger partial charge in [-0.15, -0.1) is 0 Å². The number of ether oxygens (including phenoxy) is 2. The Bertz CT molecular complexity index is 752. The molecule has 24 heavy (non-hydrogen) atoms. The summed E-state index contributed by atoms with van der Waals surface area (Å²) in [6.07, 6.45) is -4.73. The second-order valence-electron chi connectivity index (χ2n) is 4.69. The highest BCUT2D eigenvalue weighted by atomic mass is 35.5. The monoisotopic (exact) mass is 363 g/mol. The first-order valence-electron chi connectivity index (χ1n) is 6.51. The van der Waals surface area contributed by atoms with Crippen LogP contribution in [0.25, 0.3) is 0 Å². The summed E-state index contributed by atoms with van der Waals surface area (Å²) >= 11 is 5.68. The number of nitrogens with one attached hydrogen (secondary N) is 1. The van der Waals surface area contributed by atoms with Crippen LogP contribution in [0.3, 0.4) is 0 Å². The van der Waals surface area contributed by atoms with E-state index in [1.54, 1.807) is 6.07 Å². The highest BCUT2D eigenvalue weighted by Crippen LogP contribution is 2.36. The van der Waals surface area contributed by atoms with E-state index in [9.17, 15) is 18.0 Å². The second kappa shape index (κ2) is 6.60. The Hall–Kier alpha value is -2.42. The van der Waals surface area contributed by atoms with E-state index in [0.717, 1.165) is 7.05 Å². The van der Waals surface area contributed by atoms with Crippen LogP contribution >= 0.6 is 11.6 Å². The van der Waals surface area contributed by atoms with Crippen molar-refractivity contribution in [1.29, 1.82) is 0 Å². The first-order valence-corrected chi connectivity index (χ1v) is 6.89. The summed E-state index contributed by atoms with van der Waals surface area (Å²) in [5.41, 5.74) is -1.47. The van der Waals surface area contributed by atoms with Crippen molar-refractivity contribution in [2.24, 2.45) is 7.05 Å². The van der Waals surface area contributed by atoms with E-state index in [2.05, 4.69) is 10.4 Å². The molecule has 0 atom stereocenters. The van der Waals surface area contributed by atoms with Crippen LogP contribution in [0.1, 0.15) is 16.2 Å². The van der Waals surface area contributed by atoms with Gasteiger partial charge in [-0.05, 0) is 0 Å². The Morgan fingerprint density at radius 3 is 2.17 bits per heavy atom. The third kappa shape index (κ3) is 3.56. The fraction of sp³-hybridized carbons (Fsp3) is 0.286. The smallest absolute Gasteiger partial charge is 0.434 e. The molecule has 1 aromatic heterocycles. The molecule has 0 fully saturated rings. The van der Waals surface area contributed by atoms with E-state index in [-0.39, 0.29) is 5.69 Å². The van der Waals surface area contributed by atoms with Gasteiger partial charge in [-0.3, -0.25) is 9.48 Å². The molecule has 0 saturated heterocycles. The minimum atomic E-state index is -4.73. The molecular weight excluding hydrogens is 351 g/mol. The van der Waals surface area contributed by atoms with Gasteiger partial charge in [0.15, 0.2) is 11.4 Å². The zero-order valence-corrected chi connectivity index (χ0v) is 13.6. The number of carbonyl (C=O) groups is 1. The van der Waals surface area contributed by atoms with Gasteiger partial charge in [-0.2, -0.15) is 18.3 Å². The number of amides is 1. The summed E-state index contributed by atoms with van der Waals surface area (Å²) in [5, 5.41) is 5.20. The topological polar surface area (TPSA) is 65.4 Å². The molecule has 1 heterocycles. The van der Waals surface area contributed by atoms with Crippen LogP contribution in [0.4, 0.5) is 18.9 Å². The number of anilines is 1. The number of aryl methyl sites for hydroxylation is 1. The molecule has 1 N–H and O–H groups in total. The van der Waals surface area contributed by atoms with Crippen molar-refractivity contribution in [3.63, 3.8) is 0 Å². The molecule has 1 amide bonds. The molecule has 0 radical (unpaired) electrons. The normalized spacial score (nSPS) is 11.3. The maximum atomic E-state index is 12.9. The van der Waals surface area contributed by atoms with Crippen LogP contribution in [-0.4, -0.2) is 29.9 Å². The Labute approximate surface area is 140 Å². The number of halogens is 4. The average molecular weight is 364 g/mol. The lowest BCUT2D eigenvalue weighted by Gasteiger charge is -2.09. The molecular formula is C14H13ClF3N3O3. The van der Waals surface area contributed by atoms with Crippen LogP contribution in [0.15, 0.2) is 18.2 Å². The first-order chi connectivity index (χ1) is 11.2. The predicted octanol–water partition coefficient (Wildman–Crippen LogP) is 3.36. The lowest BCUT2D eigenvalue weighted by molar-refractivity contribution is -0.143. The number of hydrogen-bond acceptors (Lipinski definition) is 4. The van der Waals surface area contributed by atoms with Crippen molar-refractivity contribution < 1.29 is 27.4 Å². The highest BCUT2D eigenvalue weighted by molar-refractivity contribution is 6.34. The van der Waals surface area contributed by atoms with Gasteiger partial charge in [0.25, 0.3) is 5.91 Å². The largest absolute Gasteiger partial charge is 0.497 e. The highest BCUT2D eigenvalue weighted by Gasteiger charge is 2.40. The van der Waals surface area contributed by atoms with E-state index in [1.165, 1.54) is 26.4 Å². The summed E-state index contributed by atoms with van der Waals surface area (Å²) in [5.74, 6) is -0.0955. The van der Waals surface area contributed by atoms with Crippen LogP contribution in [0.5, 0.6) is 11.5 Å². The lowest BCUT2D eigenvalue weighted by atomic mass is 10.2. The van der Waals surface area contributed by atoms with Crippen LogP contribution in [0.2, 0.25) is 5.02 Å². The minimum absolute atomic E-state index is 0.256. The zero-order chi connectivity index (χ0) is 18.1. The van der Waals surface area contributed by atoms with Gasteiger partial charge in [0.05, 0.1) is 14.2 Å². The van der Waals surface area contributed by atoms with Gasteiger partial charge in [-0.25, -0.2) is 0 Å². The molecule has 0 aliphatic rings. The number of aromatic nitrogens is 2. The number of methoxy groups -OCH3 is 2. The maximum absolute atomic E-state index is 12.9. The van der Waals surface area contributed by atoms with Gasteiger partial charge in [0, 0.05) is 30.9 Å². The molecule has 0 aliphatic carbocycles. The number of hydrogen-bond donors (Lipinski definition) is 1. The Kier molecular flexibility index (Phi) is 4.93. The standard InChI is InChI=1S/C14H13ClF3N3O3/c1-21-12(14(16,17)18)10(15)11(20-21)13(22)19-7-4-8(23-2)6-9(5-7)24-3/h4-6H,1-3H3,(H,19,22). The van der Waals surface area contributed by atoms with Gasteiger partial charge in [-0.1, -0.05) is 11.6 Å². The summed E-state index contributed by atoms with van der Waals surface area (Å²) in [6, 6.07) is 4.52. The maximum Gasteiger partial charge on any atom is 0.434 e. The molecule has 0 aliphatic heterocycles. The first kappa shape index (κ1) is 17.9. The molecule has 2 aromatic rings. The number of alkyl halides is 3. The average Bonchev–Trinajstić information content (AvgIpc) is 2.81. The second-order valence-corrected chi connectivity index (χ2v) is 5.07. The third-order valence-corrected chi connectivity index (χ3v) is 3.44. The van der Waals surface area contributed by atoms with Crippen LogP contribution in [-0.2, 0) is 13.2 Å². The van der Waals surface area contributed by atoms with E-state index in [0.29, 0.717) is 16.2 Å². The number of nitrogens with zero attached hydrogens (tertiary/aromatic N) is 2. The molecule has 1 aromatic carbocycles. The Balaban J connectivity index is 2.35. The molecule has 0 bridgehead atoms. The number of rotatable bonds is 4. The fourth-order valence-electron chi connectivity index (χ4n) is 2.02. The van der Waals surface area contributed by atoms with E-state index >= 15 is 0 Å². The molecule has 2 rings (SSSR count). The molecule has 10 heteroatoms. The van der Waals surface area contributed by atoms with Crippen molar-refractivity contribution in [1.82, 2.24) is 9.78 Å². The van der Waals surface area contributed by atoms with Gasteiger partial charge in [0.1, 0.15) is 16.5 Å². The van der Waals surface area contributed by atoms with Crippen molar-refractivity contribution in [3.05, 3.63) is 34.6 Å². The van der Waals surface area contributed by atoms with Gasteiger partial charge in [0.2, 0.25) is 0 Å². The van der Waals surface area contributed by atoms with Crippen molar-refractivity contribution in [2.75, 3.05) is 19.5 Å². The molecule has 0 unspecified atom stereocenters. The Morgan fingerprint density at radius 1 is 1.21 bits per heavy atom. The SMILES string of the molecule is COc1cc(NC(=O)c2nn(C)c(C(F)(F)F)c2Cl)cc(OC)c1. The van der Waals surface area contributed by atoms with Crippen molar-refractivity contribution in [2.45, 2.75) is 6.18 Å². The molecule has 0 saturated carbocycles. The van der Waals surface area contributed by atoms with Crippen molar-refractivity contribution in [3.8, 4) is 11.5 Å². The minimum Gasteiger partial charge on any atom is -0.497 e.